The molecular formula is C19H19ClN2O4S2. The summed E-state index contributed by atoms with van der Waals surface area (Å²) in [6.45, 7) is 0.572. The molecule has 1 unspecified atom stereocenters. The Labute approximate surface area is 177 Å². The number of thiocarbonyl (C=S) groups is 1. The van der Waals surface area contributed by atoms with Crippen molar-refractivity contribution in [2.75, 3.05) is 13.1 Å². The van der Waals surface area contributed by atoms with Crippen LogP contribution in [0.2, 0.25) is 5.02 Å². The number of carbonyl (C=O) groups is 3. The van der Waals surface area contributed by atoms with Crippen molar-refractivity contribution >= 4 is 63.8 Å². The molecule has 1 N–H and O–H groups in total. The van der Waals surface area contributed by atoms with E-state index in [4.69, 9.17) is 23.8 Å². The number of halogens is 1. The van der Waals surface area contributed by atoms with Crippen LogP contribution in [0.25, 0.3) is 6.08 Å². The van der Waals surface area contributed by atoms with Gasteiger partial charge in [0.15, 0.2) is 0 Å². The molecule has 28 heavy (non-hydrogen) atoms. The summed E-state index contributed by atoms with van der Waals surface area (Å²) in [6.07, 6.45) is 3.81. The van der Waals surface area contributed by atoms with Gasteiger partial charge in [-0.2, -0.15) is 0 Å². The van der Waals surface area contributed by atoms with Gasteiger partial charge in [-0.05, 0) is 43.0 Å². The molecule has 0 aromatic heterocycles. The van der Waals surface area contributed by atoms with Crippen LogP contribution < -0.4 is 0 Å². The van der Waals surface area contributed by atoms with Gasteiger partial charge >= 0.3 is 5.97 Å². The molecule has 1 atom stereocenters. The number of hydrogen-bond acceptors (Lipinski definition) is 5. The average Bonchev–Trinajstić information content (AvgIpc) is 2.92. The van der Waals surface area contributed by atoms with Crippen molar-refractivity contribution in [1.82, 2.24) is 9.80 Å². The van der Waals surface area contributed by atoms with Crippen molar-refractivity contribution < 1.29 is 19.5 Å². The summed E-state index contributed by atoms with van der Waals surface area (Å²) in [5, 5.41) is 9.89. The van der Waals surface area contributed by atoms with Crippen molar-refractivity contribution in [3.8, 4) is 0 Å². The SMILES string of the molecule is O=C(O)C1CCCCN1C(=O)CCN1C(=O)C(=Cc2cccc(Cl)c2)SC1=S. The Balaban J connectivity index is 1.64. The van der Waals surface area contributed by atoms with E-state index in [1.54, 1.807) is 24.3 Å². The first-order valence-electron chi connectivity index (χ1n) is 8.90. The van der Waals surface area contributed by atoms with Gasteiger partial charge in [-0.3, -0.25) is 14.5 Å². The molecule has 2 heterocycles. The summed E-state index contributed by atoms with van der Waals surface area (Å²) in [6, 6.07) is 6.35. The van der Waals surface area contributed by atoms with Crippen LogP contribution in [0.3, 0.4) is 0 Å². The van der Waals surface area contributed by atoms with Gasteiger partial charge in [0.2, 0.25) is 5.91 Å². The molecule has 6 nitrogen and oxygen atoms in total. The number of amides is 2. The Morgan fingerprint density at radius 3 is 2.86 bits per heavy atom. The van der Waals surface area contributed by atoms with Gasteiger partial charge in [0.1, 0.15) is 10.4 Å². The molecule has 2 saturated heterocycles. The zero-order valence-corrected chi connectivity index (χ0v) is 17.4. The van der Waals surface area contributed by atoms with Crippen LogP contribution in [-0.4, -0.2) is 56.1 Å². The van der Waals surface area contributed by atoms with Gasteiger partial charge in [0.25, 0.3) is 5.91 Å². The number of rotatable bonds is 5. The molecule has 0 radical (unpaired) electrons. The zero-order valence-electron chi connectivity index (χ0n) is 15.0. The summed E-state index contributed by atoms with van der Waals surface area (Å²) < 4.78 is 0.388. The maximum atomic E-state index is 12.7. The first kappa shape index (κ1) is 20.8. The van der Waals surface area contributed by atoms with E-state index < -0.39 is 12.0 Å². The highest BCUT2D eigenvalue weighted by atomic mass is 35.5. The largest absolute Gasteiger partial charge is 0.480 e. The number of likely N-dealkylation sites (tertiary alicyclic amines) is 1. The van der Waals surface area contributed by atoms with Crippen molar-refractivity contribution in [3.05, 3.63) is 39.8 Å². The molecule has 2 aliphatic rings. The Bertz CT molecular complexity index is 858. The maximum absolute atomic E-state index is 12.7. The van der Waals surface area contributed by atoms with E-state index in [2.05, 4.69) is 0 Å². The van der Waals surface area contributed by atoms with Crippen molar-refractivity contribution in [2.45, 2.75) is 31.7 Å². The van der Waals surface area contributed by atoms with Gasteiger partial charge in [-0.15, -0.1) is 0 Å². The number of aliphatic carboxylic acids is 1. The minimum atomic E-state index is -0.983. The third kappa shape index (κ3) is 4.74. The molecule has 2 fully saturated rings. The van der Waals surface area contributed by atoms with Crippen LogP contribution in [0.1, 0.15) is 31.2 Å². The zero-order chi connectivity index (χ0) is 20.3. The molecule has 1 aromatic rings. The third-order valence-electron chi connectivity index (χ3n) is 4.68. The monoisotopic (exact) mass is 438 g/mol. The average molecular weight is 439 g/mol. The number of hydrogen-bond donors (Lipinski definition) is 1. The minimum Gasteiger partial charge on any atom is -0.480 e. The van der Waals surface area contributed by atoms with Crippen LogP contribution in [-0.2, 0) is 14.4 Å². The second-order valence-electron chi connectivity index (χ2n) is 6.58. The molecule has 0 bridgehead atoms. The van der Waals surface area contributed by atoms with Gasteiger partial charge < -0.3 is 10.0 Å². The Kier molecular flexibility index (Phi) is 6.74. The quantitative estimate of drug-likeness (QED) is 0.560. The fraction of sp³-hybridized carbons (Fsp3) is 0.368. The first-order chi connectivity index (χ1) is 13.4. The van der Waals surface area contributed by atoms with Crippen LogP contribution in [0.5, 0.6) is 0 Å². The smallest absolute Gasteiger partial charge is 0.326 e. The minimum absolute atomic E-state index is 0.0423. The Morgan fingerprint density at radius 2 is 2.14 bits per heavy atom. The molecule has 2 aliphatic heterocycles. The van der Waals surface area contributed by atoms with Gasteiger partial charge in [0.05, 0.1) is 4.91 Å². The second kappa shape index (κ2) is 9.07. The van der Waals surface area contributed by atoms with E-state index in [9.17, 15) is 19.5 Å². The van der Waals surface area contributed by atoms with E-state index >= 15 is 0 Å². The van der Waals surface area contributed by atoms with Crippen molar-refractivity contribution in [3.63, 3.8) is 0 Å². The number of thioether (sulfide) groups is 1. The molecule has 9 heteroatoms. The van der Waals surface area contributed by atoms with Crippen molar-refractivity contribution in [2.24, 2.45) is 0 Å². The van der Waals surface area contributed by atoms with Gasteiger partial charge in [-0.1, -0.05) is 47.7 Å². The summed E-state index contributed by atoms with van der Waals surface area (Å²) >= 11 is 12.4. The summed E-state index contributed by atoms with van der Waals surface area (Å²) in [7, 11) is 0. The van der Waals surface area contributed by atoms with Crippen LogP contribution in [0.4, 0.5) is 0 Å². The molecule has 0 saturated carbocycles. The highest BCUT2D eigenvalue weighted by molar-refractivity contribution is 8.26. The number of carbonyl (C=O) groups excluding carboxylic acids is 2. The summed E-state index contributed by atoms with van der Waals surface area (Å²) in [5.41, 5.74) is 0.793. The standard InChI is InChI=1S/C19H19ClN2O4S2/c20-13-5-3-4-12(10-13)11-15-17(24)22(19(27)28-15)9-7-16(23)21-8-2-1-6-14(21)18(25)26/h3-5,10-11,14H,1-2,6-9H2,(H,25,26). The normalized spacial score (nSPS) is 21.5. The van der Waals surface area contributed by atoms with Crippen LogP contribution in [0.15, 0.2) is 29.2 Å². The Morgan fingerprint density at radius 1 is 1.36 bits per heavy atom. The van der Waals surface area contributed by atoms with E-state index in [1.165, 1.54) is 21.6 Å². The third-order valence-corrected chi connectivity index (χ3v) is 6.29. The van der Waals surface area contributed by atoms with E-state index in [0.717, 1.165) is 18.4 Å². The van der Waals surface area contributed by atoms with E-state index in [-0.39, 0.29) is 24.8 Å². The molecular weight excluding hydrogens is 420 g/mol. The first-order valence-corrected chi connectivity index (χ1v) is 10.5. The molecule has 1 aromatic carbocycles. The molecule has 0 aliphatic carbocycles. The topological polar surface area (TPSA) is 77.9 Å². The summed E-state index contributed by atoms with van der Waals surface area (Å²) in [5.74, 6) is -1.50. The number of nitrogens with zero attached hydrogens (tertiary/aromatic N) is 2. The predicted octanol–water partition coefficient (Wildman–Crippen LogP) is 3.40. The lowest BCUT2D eigenvalue weighted by Crippen LogP contribution is -2.48. The fourth-order valence-electron chi connectivity index (χ4n) is 3.28. The molecule has 148 valence electrons. The molecule has 3 rings (SSSR count). The van der Waals surface area contributed by atoms with Crippen molar-refractivity contribution in [1.29, 1.82) is 0 Å². The predicted molar refractivity (Wildman–Crippen MR) is 113 cm³/mol. The van der Waals surface area contributed by atoms with Crippen LogP contribution in [0, 0.1) is 0 Å². The highest BCUT2D eigenvalue weighted by Crippen LogP contribution is 2.33. The number of benzene rings is 1. The fourth-order valence-corrected chi connectivity index (χ4v) is 4.79. The Hall–Kier alpha value is -1.90. The van der Waals surface area contributed by atoms with Crippen LogP contribution >= 0.6 is 35.6 Å². The second-order valence-corrected chi connectivity index (χ2v) is 8.69. The lowest BCUT2D eigenvalue weighted by Gasteiger charge is -2.33. The lowest BCUT2D eigenvalue weighted by atomic mass is 10.0. The lowest BCUT2D eigenvalue weighted by molar-refractivity contribution is -0.152. The van der Waals surface area contributed by atoms with Gasteiger partial charge in [-0.25, -0.2) is 4.79 Å². The number of carboxylic acids is 1. The maximum Gasteiger partial charge on any atom is 0.326 e. The van der Waals surface area contributed by atoms with Gasteiger partial charge in [0, 0.05) is 24.5 Å². The van der Waals surface area contributed by atoms with E-state index in [1.807, 2.05) is 6.07 Å². The number of carboxylic acid groups (broad SMARTS) is 1. The molecule has 2 amide bonds. The summed E-state index contributed by atoms with van der Waals surface area (Å²) in [4.78, 5) is 39.9. The van der Waals surface area contributed by atoms with E-state index in [0.29, 0.717) is 27.2 Å². The highest BCUT2D eigenvalue weighted by Gasteiger charge is 2.35. The molecule has 0 spiro atoms. The number of piperidine rings is 1.